The van der Waals surface area contributed by atoms with E-state index in [0.29, 0.717) is 28.1 Å². The quantitative estimate of drug-likeness (QED) is 0.377. The number of pyridine rings is 1. The van der Waals surface area contributed by atoms with Gasteiger partial charge in [-0.3, -0.25) is 4.79 Å². The Labute approximate surface area is 178 Å². The molecule has 2 aromatic carbocycles. The zero-order valence-electron chi connectivity index (χ0n) is 15.9. The predicted octanol–water partition coefficient (Wildman–Crippen LogP) is 5.83. The van der Waals surface area contributed by atoms with E-state index in [4.69, 9.17) is 9.52 Å². The van der Waals surface area contributed by atoms with Gasteiger partial charge < -0.3 is 9.52 Å². The molecule has 0 aliphatic heterocycles. The fourth-order valence-electron chi connectivity index (χ4n) is 3.01. The number of aliphatic carboxylic acids is 1. The van der Waals surface area contributed by atoms with Crippen molar-refractivity contribution >= 4 is 29.0 Å². The lowest BCUT2D eigenvalue weighted by atomic mass is 10.1. The van der Waals surface area contributed by atoms with Crippen molar-refractivity contribution in [2.24, 2.45) is 0 Å². The molecule has 9 heteroatoms. The number of fused-ring (bicyclic) bond motifs is 1. The first-order valence-corrected chi connectivity index (χ1v) is 10.1. The normalized spacial score (nSPS) is 11.7. The summed E-state index contributed by atoms with van der Waals surface area (Å²) >= 11 is 1.51. The van der Waals surface area contributed by atoms with Gasteiger partial charge in [0.2, 0.25) is 11.6 Å². The maximum absolute atomic E-state index is 12.8. The molecule has 0 saturated heterocycles. The van der Waals surface area contributed by atoms with Crippen LogP contribution >= 0.6 is 11.8 Å². The number of oxazole rings is 1. The van der Waals surface area contributed by atoms with Crippen molar-refractivity contribution in [3.8, 4) is 11.5 Å². The molecule has 5 nitrogen and oxygen atoms in total. The molecule has 0 unspecified atom stereocenters. The van der Waals surface area contributed by atoms with E-state index < -0.39 is 17.7 Å². The summed E-state index contributed by atoms with van der Waals surface area (Å²) in [7, 11) is 0. The molecule has 2 heterocycles. The maximum Gasteiger partial charge on any atom is 0.416 e. The van der Waals surface area contributed by atoms with Gasteiger partial charge in [0.25, 0.3) is 0 Å². The molecule has 0 saturated carbocycles. The Bertz CT molecular complexity index is 1240. The lowest BCUT2D eigenvalue weighted by Gasteiger charge is -2.05. The minimum atomic E-state index is -4.41. The lowest BCUT2D eigenvalue weighted by molar-refractivity contribution is -0.138. The number of hydrogen-bond donors (Lipinski definition) is 1. The van der Waals surface area contributed by atoms with Gasteiger partial charge in [0.05, 0.1) is 12.0 Å². The van der Waals surface area contributed by atoms with E-state index >= 15 is 0 Å². The van der Waals surface area contributed by atoms with Crippen LogP contribution in [0.1, 0.15) is 16.7 Å². The molecule has 0 fully saturated rings. The zero-order chi connectivity index (χ0) is 22.0. The molecular weight excluding hydrogens is 429 g/mol. The van der Waals surface area contributed by atoms with E-state index in [9.17, 15) is 18.0 Å². The standard InChI is InChI=1S/C22H15F3N2O3S/c23-22(24,25)16-6-4-14(5-7-16)20-27-19-15(8-9-26-21(19)30-20)12-31-17-3-1-2-13(10-17)11-18(28)29/h1-10H,11-12H2,(H,28,29). The summed E-state index contributed by atoms with van der Waals surface area (Å²) in [5.74, 6) is -0.164. The predicted molar refractivity (Wildman–Crippen MR) is 110 cm³/mol. The molecular formula is C22H15F3N2O3S. The van der Waals surface area contributed by atoms with Crippen LogP contribution in [-0.4, -0.2) is 21.0 Å². The van der Waals surface area contributed by atoms with Gasteiger partial charge in [0, 0.05) is 22.4 Å². The van der Waals surface area contributed by atoms with Gasteiger partial charge >= 0.3 is 12.1 Å². The Balaban J connectivity index is 1.56. The molecule has 4 aromatic rings. The van der Waals surface area contributed by atoms with E-state index in [-0.39, 0.29) is 12.3 Å². The number of nitrogens with zero attached hydrogens (tertiary/aromatic N) is 2. The number of halogens is 3. The van der Waals surface area contributed by atoms with Crippen LogP contribution in [-0.2, 0) is 23.1 Å². The number of aromatic nitrogens is 2. The van der Waals surface area contributed by atoms with Crippen LogP contribution in [0.2, 0.25) is 0 Å². The van der Waals surface area contributed by atoms with Gasteiger partial charge in [-0.15, -0.1) is 11.8 Å². The summed E-state index contributed by atoms with van der Waals surface area (Å²) in [6, 6.07) is 13.7. The molecule has 1 N–H and O–H groups in total. The molecule has 0 bridgehead atoms. The first-order valence-electron chi connectivity index (χ1n) is 9.15. The molecule has 158 valence electrons. The highest BCUT2D eigenvalue weighted by Gasteiger charge is 2.30. The molecule has 0 aliphatic carbocycles. The number of benzene rings is 2. The Hall–Kier alpha value is -3.33. The molecule has 31 heavy (non-hydrogen) atoms. The van der Waals surface area contributed by atoms with Gasteiger partial charge in [-0.2, -0.15) is 13.2 Å². The maximum atomic E-state index is 12.8. The SMILES string of the molecule is O=C(O)Cc1cccc(SCc2ccnc3oc(-c4ccc(C(F)(F)F)cc4)nc23)c1. The monoisotopic (exact) mass is 444 g/mol. The Morgan fingerprint density at radius 2 is 1.87 bits per heavy atom. The van der Waals surface area contributed by atoms with E-state index in [1.54, 1.807) is 18.3 Å². The van der Waals surface area contributed by atoms with E-state index in [1.165, 1.54) is 23.9 Å². The number of alkyl halides is 3. The average molecular weight is 444 g/mol. The fourth-order valence-corrected chi connectivity index (χ4v) is 3.97. The van der Waals surface area contributed by atoms with E-state index in [0.717, 1.165) is 22.6 Å². The molecule has 0 radical (unpaired) electrons. The zero-order valence-corrected chi connectivity index (χ0v) is 16.7. The van der Waals surface area contributed by atoms with Gasteiger partial charge in [-0.25, -0.2) is 9.97 Å². The Morgan fingerprint density at radius 3 is 2.58 bits per heavy atom. The van der Waals surface area contributed by atoms with Crippen molar-refractivity contribution in [2.75, 3.05) is 0 Å². The van der Waals surface area contributed by atoms with Crippen molar-refractivity contribution in [3.63, 3.8) is 0 Å². The smallest absolute Gasteiger partial charge is 0.416 e. The minimum Gasteiger partial charge on any atom is -0.481 e. The van der Waals surface area contributed by atoms with Crippen molar-refractivity contribution in [1.29, 1.82) is 0 Å². The molecule has 0 amide bonds. The van der Waals surface area contributed by atoms with Crippen LogP contribution in [0, 0.1) is 0 Å². The number of carbonyl (C=O) groups is 1. The van der Waals surface area contributed by atoms with Crippen LogP contribution in [0.25, 0.3) is 22.7 Å². The summed E-state index contributed by atoms with van der Waals surface area (Å²) in [6.45, 7) is 0. The van der Waals surface area contributed by atoms with E-state index in [2.05, 4.69) is 9.97 Å². The molecule has 2 aromatic heterocycles. The van der Waals surface area contributed by atoms with Gasteiger partial charge in [-0.1, -0.05) is 12.1 Å². The number of thioether (sulfide) groups is 1. The summed E-state index contributed by atoms with van der Waals surface area (Å²) < 4.78 is 44.0. The van der Waals surface area contributed by atoms with Gasteiger partial charge in [0.15, 0.2) is 0 Å². The van der Waals surface area contributed by atoms with E-state index in [1.807, 2.05) is 18.2 Å². The fraction of sp³-hybridized carbons (Fsp3) is 0.136. The second kappa shape index (κ2) is 8.43. The number of carboxylic acid groups (broad SMARTS) is 1. The summed E-state index contributed by atoms with van der Waals surface area (Å²) in [4.78, 5) is 20.4. The Morgan fingerprint density at radius 1 is 1.10 bits per heavy atom. The minimum absolute atomic E-state index is 0.0479. The van der Waals surface area contributed by atoms with Crippen LogP contribution in [0.4, 0.5) is 13.2 Å². The molecule has 0 spiro atoms. The van der Waals surface area contributed by atoms with Crippen LogP contribution in [0.5, 0.6) is 0 Å². The number of rotatable bonds is 6. The second-order valence-electron chi connectivity index (χ2n) is 6.72. The van der Waals surface area contributed by atoms with Gasteiger partial charge in [0.1, 0.15) is 5.52 Å². The summed E-state index contributed by atoms with van der Waals surface area (Å²) in [5.41, 5.74) is 2.07. The molecule has 4 rings (SSSR count). The van der Waals surface area contributed by atoms with Crippen molar-refractivity contribution in [3.05, 3.63) is 77.5 Å². The van der Waals surface area contributed by atoms with Crippen LogP contribution in [0.15, 0.2) is 70.1 Å². The highest BCUT2D eigenvalue weighted by atomic mass is 32.2. The molecule has 0 aliphatic rings. The number of carboxylic acids is 1. The van der Waals surface area contributed by atoms with Crippen LogP contribution in [0.3, 0.4) is 0 Å². The first-order chi connectivity index (χ1) is 14.8. The third-order valence-corrected chi connectivity index (χ3v) is 5.53. The topological polar surface area (TPSA) is 76.2 Å². The lowest BCUT2D eigenvalue weighted by Crippen LogP contribution is -2.03. The summed E-state index contributed by atoms with van der Waals surface area (Å²) in [5, 5.41) is 8.95. The highest BCUT2D eigenvalue weighted by molar-refractivity contribution is 7.98. The highest BCUT2D eigenvalue weighted by Crippen LogP contribution is 2.33. The Kier molecular flexibility index (Phi) is 5.69. The van der Waals surface area contributed by atoms with Gasteiger partial charge in [-0.05, 0) is 53.6 Å². The first kappa shape index (κ1) is 20.9. The van der Waals surface area contributed by atoms with Crippen molar-refractivity contribution in [1.82, 2.24) is 9.97 Å². The molecule has 0 atom stereocenters. The van der Waals surface area contributed by atoms with Crippen LogP contribution < -0.4 is 0 Å². The third kappa shape index (κ3) is 4.88. The number of hydrogen-bond acceptors (Lipinski definition) is 5. The third-order valence-electron chi connectivity index (χ3n) is 4.49. The van der Waals surface area contributed by atoms with Crippen molar-refractivity contribution < 1.29 is 27.5 Å². The van der Waals surface area contributed by atoms with Crippen molar-refractivity contribution in [2.45, 2.75) is 23.2 Å². The largest absolute Gasteiger partial charge is 0.481 e. The average Bonchev–Trinajstić information content (AvgIpc) is 3.16. The second-order valence-corrected chi connectivity index (χ2v) is 7.77. The summed E-state index contributed by atoms with van der Waals surface area (Å²) in [6.07, 6.45) is -2.87.